The molecule has 0 saturated carbocycles. The molecule has 0 amide bonds. The van der Waals surface area contributed by atoms with Crippen molar-refractivity contribution in [1.29, 1.82) is 0 Å². The smallest absolute Gasteiger partial charge is 0.145 e. The van der Waals surface area contributed by atoms with Crippen molar-refractivity contribution in [3.8, 4) is 27.9 Å². The number of aromatic nitrogens is 1. The van der Waals surface area contributed by atoms with Crippen LogP contribution in [0, 0.1) is 0 Å². The van der Waals surface area contributed by atoms with Gasteiger partial charge in [0.05, 0.1) is 16.4 Å². The van der Waals surface area contributed by atoms with Gasteiger partial charge in [0.15, 0.2) is 0 Å². The molecule has 0 unspecified atom stereocenters. The van der Waals surface area contributed by atoms with E-state index in [0.717, 1.165) is 73.9 Å². The van der Waals surface area contributed by atoms with Crippen LogP contribution in [0.2, 0.25) is 0 Å². The molecule has 11 rings (SSSR count). The summed E-state index contributed by atoms with van der Waals surface area (Å²) < 4.78 is 9.35. The molecule has 2 heterocycles. The van der Waals surface area contributed by atoms with Gasteiger partial charge in [-0.15, -0.1) is 0 Å². The fraction of sp³-hybridized carbons (Fsp3) is 0.100. The number of fused-ring (bicyclic) bond motifs is 7. The fourth-order valence-corrected chi connectivity index (χ4v) is 8.80. The Morgan fingerprint density at radius 1 is 0.444 bits per heavy atom. The average Bonchev–Trinajstić information content (AvgIpc) is 3.92. The van der Waals surface area contributed by atoms with Crippen molar-refractivity contribution in [1.82, 2.24) is 4.57 Å². The second kappa shape index (κ2) is 18.6. The lowest BCUT2D eigenvalue weighted by molar-refractivity contribution is 0.674. The summed E-state index contributed by atoms with van der Waals surface area (Å²) in [6.45, 7) is 8.00. The van der Waals surface area contributed by atoms with Crippen molar-refractivity contribution in [2.24, 2.45) is 0 Å². The SMILES string of the molecule is C/C=C\C.C1=C(c2ccccc2)CCC(N(c2ccc(-c3ccccc3)cc2)c2ccc(-c3cccc4c3oc3c4ccc4c3c3ccccc3n4-c3ccccc3)cc2)=C1.CC. The summed E-state index contributed by atoms with van der Waals surface area (Å²) in [5.74, 6) is 0. The Balaban J connectivity index is 0.000000798. The summed E-state index contributed by atoms with van der Waals surface area (Å²) in [7, 11) is 0. The van der Waals surface area contributed by atoms with Gasteiger partial charge in [0.2, 0.25) is 0 Å². The molecule has 3 heteroatoms. The first-order valence-electron chi connectivity index (χ1n) is 22.2. The Morgan fingerprint density at radius 2 is 1.00 bits per heavy atom. The van der Waals surface area contributed by atoms with Crippen molar-refractivity contribution >= 4 is 60.7 Å². The molecule has 0 fully saturated rings. The van der Waals surface area contributed by atoms with Crippen LogP contribution in [0.3, 0.4) is 0 Å². The third kappa shape index (κ3) is 7.91. The summed E-state index contributed by atoms with van der Waals surface area (Å²) in [6.07, 6.45) is 10.5. The van der Waals surface area contributed by atoms with E-state index in [1.165, 1.54) is 38.9 Å². The van der Waals surface area contributed by atoms with Crippen molar-refractivity contribution in [3.05, 3.63) is 230 Å². The number of para-hydroxylation sites is 3. The van der Waals surface area contributed by atoms with E-state index in [4.69, 9.17) is 4.42 Å². The number of hydrogen-bond acceptors (Lipinski definition) is 2. The number of hydrogen-bond donors (Lipinski definition) is 0. The molecule has 0 N–H and O–H groups in total. The molecule has 0 radical (unpaired) electrons. The Hall–Kier alpha value is -7.62. The highest BCUT2D eigenvalue weighted by Gasteiger charge is 2.22. The first kappa shape index (κ1) is 40.8. The van der Waals surface area contributed by atoms with Crippen LogP contribution >= 0.6 is 0 Å². The molecular weight excluding hydrogens is 765 g/mol. The highest BCUT2D eigenvalue weighted by molar-refractivity contribution is 6.24. The number of benzene rings is 8. The highest BCUT2D eigenvalue weighted by Crippen LogP contribution is 2.44. The maximum absolute atomic E-state index is 7.01. The van der Waals surface area contributed by atoms with Crippen LogP contribution in [0.5, 0.6) is 0 Å². The zero-order valence-electron chi connectivity index (χ0n) is 36.5. The standard InChI is InChI=1S/C54H38N2O.C4H8.C2H6/c1-4-13-37(14-5-1)39-23-29-43(30-24-39)55(44-31-25-40(26-32-44)38-15-6-2-7-16-38)45-33-27-41(28-34-45)46-20-12-21-47-48-35-36-51-52(54(48)57-53(46)47)49-19-10-11-22-50(49)56(51)42-17-8-3-9-18-42;1-3-4-2;1-2/h1-25,27-31,33-36H,26,32H2;3-4H,1-2H3;1-2H3/b;4-3-;. The molecule has 0 saturated heterocycles. The second-order valence-corrected chi connectivity index (χ2v) is 15.5. The van der Waals surface area contributed by atoms with Gasteiger partial charge in [-0.25, -0.2) is 0 Å². The summed E-state index contributed by atoms with van der Waals surface area (Å²) in [6, 6.07) is 69.5. The molecule has 8 aromatic carbocycles. The zero-order valence-corrected chi connectivity index (χ0v) is 36.5. The van der Waals surface area contributed by atoms with E-state index in [0.29, 0.717) is 0 Å². The van der Waals surface area contributed by atoms with E-state index in [2.05, 4.69) is 216 Å². The van der Waals surface area contributed by atoms with Crippen LogP contribution in [0.15, 0.2) is 229 Å². The topological polar surface area (TPSA) is 21.3 Å². The Labute approximate surface area is 371 Å². The minimum absolute atomic E-state index is 0.909. The summed E-state index contributed by atoms with van der Waals surface area (Å²) in [5.41, 5.74) is 16.1. The number of allylic oxidation sites excluding steroid dienone is 6. The van der Waals surface area contributed by atoms with Crippen LogP contribution in [-0.2, 0) is 0 Å². The quantitative estimate of drug-likeness (QED) is 0.149. The van der Waals surface area contributed by atoms with Gasteiger partial charge in [-0.3, -0.25) is 0 Å². The third-order valence-electron chi connectivity index (χ3n) is 11.9. The molecule has 1 aliphatic rings. The minimum atomic E-state index is 0.909. The molecule has 2 aromatic heterocycles. The van der Waals surface area contributed by atoms with E-state index in [1.807, 2.05) is 39.8 Å². The molecule has 0 spiro atoms. The first-order valence-corrected chi connectivity index (χ1v) is 22.2. The summed E-state index contributed by atoms with van der Waals surface area (Å²) in [5, 5.41) is 4.58. The van der Waals surface area contributed by atoms with Crippen LogP contribution < -0.4 is 4.90 Å². The van der Waals surface area contributed by atoms with Gasteiger partial charge in [0.25, 0.3) is 0 Å². The monoisotopic (exact) mass is 816 g/mol. The lowest BCUT2D eigenvalue weighted by atomic mass is 9.94. The van der Waals surface area contributed by atoms with Gasteiger partial charge < -0.3 is 13.9 Å². The Kier molecular flexibility index (Phi) is 12.0. The van der Waals surface area contributed by atoms with Crippen molar-refractivity contribution in [2.75, 3.05) is 4.90 Å². The van der Waals surface area contributed by atoms with Gasteiger partial charge in [-0.05, 0) is 115 Å². The van der Waals surface area contributed by atoms with E-state index in [-0.39, 0.29) is 0 Å². The fourth-order valence-electron chi connectivity index (χ4n) is 8.80. The van der Waals surface area contributed by atoms with E-state index in [1.54, 1.807) is 0 Å². The van der Waals surface area contributed by atoms with Crippen LogP contribution in [-0.4, -0.2) is 4.57 Å². The minimum Gasteiger partial charge on any atom is -0.455 e. The zero-order chi connectivity index (χ0) is 43.1. The third-order valence-corrected chi connectivity index (χ3v) is 11.9. The molecular formula is C60H52N2O. The lowest BCUT2D eigenvalue weighted by Gasteiger charge is -2.30. The van der Waals surface area contributed by atoms with E-state index < -0.39 is 0 Å². The second-order valence-electron chi connectivity index (χ2n) is 15.5. The van der Waals surface area contributed by atoms with E-state index >= 15 is 0 Å². The van der Waals surface area contributed by atoms with Gasteiger partial charge in [0.1, 0.15) is 11.2 Å². The van der Waals surface area contributed by atoms with Crippen LogP contribution in [0.4, 0.5) is 11.4 Å². The maximum atomic E-state index is 7.01. The molecule has 308 valence electrons. The van der Waals surface area contributed by atoms with Crippen LogP contribution in [0.1, 0.15) is 46.1 Å². The molecule has 3 nitrogen and oxygen atoms in total. The number of anilines is 2. The molecule has 0 aliphatic heterocycles. The van der Waals surface area contributed by atoms with Crippen LogP contribution in [0.25, 0.3) is 77.3 Å². The van der Waals surface area contributed by atoms with Crippen molar-refractivity contribution < 1.29 is 4.42 Å². The Bertz CT molecular complexity index is 3220. The average molecular weight is 817 g/mol. The predicted octanol–water partition coefficient (Wildman–Crippen LogP) is 17.5. The van der Waals surface area contributed by atoms with Gasteiger partial charge in [-0.2, -0.15) is 0 Å². The lowest BCUT2D eigenvalue weighted by Crippen LogP contribution is -2.17. The maximum Gasteiger partial charge on any atom is 0.145 e. The summed E-state index contributed by atoms with van der Waals surface area (Å²) in [4.78, 5) is 2.41. The van der Waals surface area contributed by atoms with Gasteiger partial charge >= 0.3 is 0 Å². The number of furan rings is 1. The number of rotatable bonds is 7. The van der Waals surface area contributed by atoms with Gasteiger partial charge in [-0.1, -0.05) is 172 Å². The number of nitrogens with zero attached hydrogens (tertiary/aromatic N) is 2. The molecule has 10 aromatic rings. The van der Waals surface area contributed by atoms with Gasteiger partial charge in [0, 0.05) is 44.5 Å². The molecule has 0 atom stereocenters. The van der Waals surface area contributed by atoms with Crippen molar-refractivity contribution in [2.45, 2.75) is 40.5 Å². The molecule has 1 aliphatic carbocycles. The first-order chi connectivity index (χ1) is 31.2. The highest BCUT2D eigenvalue weighted by atomic mass is 16.3. The largest absolute Gasteiger partial charge is 0.455 e. The Morgan fingerprint density at radius 3 is 1.63 bits per heavy atom. The predicted molar refractivity (Wildman–Crippen MR) is 271 cm³/mol. The molecule has 0 bridgehead atoms. The normalized spacial score (nSPS) is 12.4. The molecule has 63 heavy (non-hydrogen) atoms. The van der Waals surface area contributed by atoms with E-state index in [9.17, 15) is 0 Å². The summed E-state index contributed by atoms with van der Waals surface area (Å²) >= 11 is 0. The van der Waals surface area contributed by atoms with Crippen molar-refractivity contribution in [3.63, 3.8) is 0 Å².